The molecule has 0 radical (unpaired) electrons. The monoisotopic (exact) mass is 183 g/mol. The lowest BCUT2D eigenvalue weighted by atomic mass is 10.2. The second-order valence-electron chi connectivity index (χ2n) is 3.35. The standard InChI is InChI=1S/C11H9N3/c1-8-6-7-14-11(12-8)9-4-2-3-5-10(9)13-14/h2-7H,1H3. The summed E-state index contributed by atoms with van der Waals surface area (Å²) in [5.74, 6) is 0. The molecule has 0 saturated heterocycles. The minimum absolute atomic E-state index is 0.931. The highest BCUT2D eigenvalue weighted by Gasteiger charge is 2.03. The zero-order valence-electron chi connectivity index (χ0n) is 7.81. The summed E-state index contributed by atoms with van der Waals surface area (Å²) in [4.78, 5) is 4.46. The molecule has 2 aromatic heterocycles. The van der Waals surface area contributed by atoms with Gasteiger partial charge in [-0.3, -0.25) is 0 Å². The van der Waals surface area contributed by atoms with Crippen molar-refractivity contribution in [3.63, 3.8) is 0 Å². The Labute approximate surface area is 81.0 Å². The predicted molar refractivity (Wildman–Crippen MR) is 55.2 cm³/mol. The Balaban J connectivity index is 2.58. The smallest absolute Gasteiger partial charge is 0.163 e. The maximum absolute atomic E-state index is 4.46. The zero-order valence-corrected chi connectivity index (χ0v) is 7.81. The quantitative estimate of drug-likeness (QED) is 0.534. The minimum atomic E-state index is 0.931. The molecule has 0 N–H and O–H groups in total. The van der Waals surface area contributed by atoms with Crippen LogP contribution in [0.4, 0.5) is 0 Å². The number of hydrogen-bond acceptors (Lipinski definition) is 2. The van der Waals surface area contributed by atoms with E-state index < -0.39 is 0 Å². The molecule has 14 heavy (non-hydrogen) atoms. The minimum Gasteiger partial charge on any atom is -0.233 e. The van der Waals surface area contributed by atoms with Crippen LogP contribution in [0.15, 0.2) is 36.5 Å². The van der Waals surface area contributed by atoms with E-state index in [9.17, 15) is 0 Å². The highest BCUT2D eigenvalue weighted by atomic mass is 15.2. The lowest BCUT2D eigenvalue weighted by Gasteiger charge is -1.93. The fourth-order valence-electron chi connectivity index (χ4n) is 1.63. The van der Waals surface area contributed by atoms with Crippen LogP contribution in [0.5, 0.6) is 0 Å². The van der Waals surface area contributed by atoms with Gasteiger partial charge in [0.2, 0.25) is 0 Å². The Morgan fingerprint density at radius 1 is 1.14 bits per heavy atom. The molecule has 0 saturated carbocycles. The van der Waals surface area contributed by atoms with Gasteiger partial charge in [-0.25, -0.2) is 9.50 Å². The third-order valence-corrected chi connectivity index (χ3v) is 2.32. The molecule has 1 aromatic carbocycles. The molecular formula is C11H9N3. The van der Waals surface area contributed by atoms with E-state index in [1.54, 1.807) is 0 Å². The van der Waals surface area contributed by atoms with Gasteiger partial charge in [0.05, 0.1) is 5.52 Å². The number of nitrogens with zero attached hydrogens (tertiary/aromatic N) is 3. The molecule has 3 aromatic rings. The normalized spacial score (nSPS) is 11.2. The molecule has 68 valence electrons. The van der Waals surface area contributed by atoms with E-state index in [0.717, 1.165) is 22.2 Å². The molecule has 3 nitrogen and oxygen atoms in total. The summed E-state index contributed by atoms with van der Waals surface area (Å²) in [5.41, 5.74) is 2.94. The lowest BCUT2D eigenvalue weighted by molar-refractivity contribution is 0.945. The van der Waals surface area contributed by atoms with Crippen molar-refractivity contribution in [2.75, 3.05) is 0 Å². The Bertz CT molecular complexity index is 610. The van der Waals surface area contributed by atoms with Crippen LogP contribution in [0.3, 0.4) is 0 Å². The van der Waals surface area contributed by atoms with Gasteiger partial charge in [0.1, 0.15) is 0 Å². The number of aryl methyl sites for hydroxylation is 1. The van der Waals surface area contributed by atoms with Crippen LogP contribution in [0, 0.1) is 6.92 Å². The molecule has 0 aliphatic carbocycles. The first-order chi connectivity index (χ1) is 6.84. The highest BCUT2D eigenvalue weighted by Crippen LogP contribution is 2.16. The number of hydrogen-bond donors (Lipinski definition) is 0. The van der Waals surface area contributed by atoms with E-state index in [1.165, 1.54) is 0 Å². The van der Waals surface area contributed by atoms with E-state index in [0.29, 0.717) is 0 Å². The summed E-state index contributed by atoms with van der Waals surface area (Å²) in [6, 6.07) is 10.00. The maximum Gasteiger partial charge on any atom is 0.163 e. The Kier molecular flexibility index (Phi) is 1.36. The van der Waals surface area contributed by atoms with Crippen molar-refractivity contribution >= 4 is 16.6 Å². The van der Waals surface area contributed by atoms with Crippen LogP contribution in [-0.2, 0) is 0 Å². The maximum atomic E-state index is 4.46. The molecule has 0 aliphatic rings. The van der Waals surface area contributed by atoms with Crippen molar-refractivity contribution in [2.24, 2.45) is 0 Å². The van der Waals surface area contributed by atoms with Crippen LogP contribution in [0.2, 0.25) is 0 Å². The molecule has 0 amide bonds. The predicted octanol–water partition coefficient (Wildman–Crippen LogP) is 2.19. The highest BCUT2D eigenvalue weighted by molar-refractivity contribution is 5.91. The van der Waals surface area contributed by atoms with Crippen molar-refractivity contribution in [1.29, 1.82) is 0 Å². The van der Waals surface area contributed by atoms with Crippen LogP contribution in [0.1, 0.15) is 5.69 Å². The van der Waals surface area contributed by atoms with E-state index in [-0.39, 0.29) is 0 Å². The second kappa shape index (κ2) is 2.54. The van der Waals surface area contributed by atoms with Gasteiger partial charge in [0.15, 0.2) is 5.65 Å². The largest absolute Gasteiger partial charge is 0.233 e. The van der Waals surface area contributed by atoms with E-state index >= 15 is 0 Å². The molecule has 0 aliphatic heterocycles. The van der Waals surface area contributed by atoms with Gasteiger partial charge in [-0.2, -0.15) is 5.10 Å². The molecule has 0 unspecified atom stereocenters. The van der Waals surface area contributed by atoms with Crippen LogP contribution in [-0.4, -0.2) is 14.6 Å². The molecule has 3 heteroatoms. The van der Waals surface area contributed by atoms with Gasteiger partial charge in [-0.05, 0) is 25.1 Å². The summed E-state index contributed by atoms with van der Waals surface area (Å²) in [5, 5.41) is 5.52. The summed E-state index contributed by atoms with van der Waals surface area (Å²) in [7, 11) is 0. The fourth-order valence-corrected chi connectivity index (χ4v) is 1.63. The van der Waals surface area contributed by atoms with Gasteiger partial charge in [0, 0.05) is 17.3 Å². The third-order valence-electron chi connectivity index (χ3n) is 2.32. The number of aromatic nitrogens is 3. The van der Waals surface area contributed by atoms with Crippen LogP contribution >= 0.6 is 0 Å². The van der Waals surface area contributed by atoms with Gasteiger partial charge < -0.3 is 0 Å². The summed E-state index contributed by atoms with van der Waals surface area (Å²) >= 11 is 0. The Hall–Kier alpha value is -1.90. The van der Waals surface area contributed by atoms with Crippen molar-refractivity contribution in [3.8, 4) is 0 Å². The number of fused-ring (bicyclic) bond motifs is 3. The van der Waals surface area contributed by atoms with E-state index in [4.69, 9.17) is 0 Å². The molecule has 2 heterocycles. The third kappa shape index (κ3) is 0.923. The number of rotatable bonds is 0. The molecule has 0 atom stereocenters. The lowest BCUT2D eigenvalue weighted by Crippen LogP contribution is -1.90. The summed E-state index contributed by atoms with van der Waals surface area (Å²) in [6.45, 7) is 1.99. The van der Waals surface area contributed by atoms with Gasteiger partial charge in [0.25, 0.3) is 0 Å². The fraction of sp³-hybridized carbons (Fsp3) is 0.0909. The van der Waals surface area contributed by atoms with Crippen LogP contribution in [0.25, 0.3) is 16.6 Å². The topological polar surface area (TPSA) is 30.2 Å². The van der Waals surface area contributed by atoms with E-state index in [2.05, 4.69) is 10.1 Å². The molecule has 0 spiro atoms. The Morgan fingerprint density at radius 2 is 2.00 bits per heavy atom. The van der Waals surface area contributed by atoms with Crippen molar-refractivity contribution in [1.82, 2.24) is 14.6 Å². The van der Waals surface area contributed by atoms with Crippen molar-refractivity contribution in [2.45, 2.75) is 6.92 Å². The first-order valence-corrected chi connectivity index (χ1v) is 4.55. The molecule has 0 bridgehead atoms. The van der Waals surface area contributed by atoms with Crippen LogP contribution < -0.4 is 0 Å². The van der Waals surface area contributed by atoms with Crippen molar-refractivity contribution in [3.05, 3.63) is 42.2 Å². The Morgan fingerprint density at radius 3 is 2.93 bits per heavy atom. The second-order valence-corrected chi connectivity index (χ2v) is 3.35. The zero-order chi connectivity index (χ0) is 9.54. The molecule has 0 fully saturated rings. The first-order valence-electron chi connectivity index (χ1n) is 4.55. The van der Waals surface area contributed by atoms with Crippen molar-refractivity contribution < 1.29 is 0 Å². The van der Waals surface area contributed by atoms with Gasteiger partial charge in [-0.15, -0.1) is 0 Å². The SMILES string of the molecule is Cc1ccn2nc3ccccc3c2n1. The summed E-state index contributed by atoms with van der Waals surface area (Å²) in [6.07, 6.45) is 1.94. The van der Waals surface area contributed by atoms with Gasteiger partial charge in [-0.1, -0.05) is 12.1 Å². The average molecular weight is 183 g/mol. The summed E-state index contributed by atoms with van der Waals surface area (Å²) < 4.78 is 1.82. The molecular weight excluding hydrogens is 174 g/mol. The molecule has 3 rings (SSSR count). The first kappa shape index (κ1) is 7.50. The van der Waals surface area contributed by atoms with Gasteiger partial charge >= 0.3 is 0 Å². The number of benzene rings is 1. The van der Waals surface area contributed by atoms with E-state index in [1.807, 2.05) is 48.0 Å². The average Bonchev–Trinajstić information content (AvgIpc) is 2.56.